The summed E-state index contributed by atoms with van der Waals surface area (Å²) >= 11 is 10.6. The molecule has 0 aliphatic heterocycles. The Morgan fingerprint density at radius 1 is 0.783 bits per heavy atom. The van der Waals surface area contributed by atoms with Crippen molar-refractivity contribution in [3.63, 3.8) is 0 Å². The first-order valence-electron chi connectivity index (χ1n) is 5.28. The lowest BCUT2D eigenvalue weighted by Crippen LogP contribution is -2.63. The van der Waals surface area contributed by atoms with Crippen LogP contribution in [0.25, 0.3) is 0 Å². The number of benzene rings is 1. The largest absolute Gasteiger partial charge is 0.460 e. The van der Waals surface area contributed by atoms with Gasteiger partial charge in [-0.3, -0.25) is 4.79 Å². The molecule has 0 radical (unpaired) electrons. The summed E-state index contributed by atoms with van der Waals surface area (Å²) in [6, 6.07) is 2.47. The molecular formula is C11H3Cl2F9O. The molecule has 0 saturated heterocycles. The Labute approximate surface area is 132 Å². The predicted octanol–water partition coefficient (Wildman–Crippen LogP) is 5.64. The molecule has 1 nitrogen and oxygen atoms in total. The van der Waals surface area contributed by atoms with E-state index in [1.807, 2.05) is 0 Å². The van der Waals surface area contributed by atoms with Crippen molar-refractivity contribution in [1.82, 2.24) is 0 Å². The van der Waals surface area contributed by atoms with Crippen molar-refractivity contribution in [1.29, 1.82) is 0 Å². The van der Waals surface area contributed by atoms with Gasteiger partial charge in [-0.25, -0.2) is 0 Å². The summed E-state index contributed by atoms with van der Waals surface area (Å²) in [4.78, 5) is 11.4. The van der Waals surface area contributed by atoms with Crippen LogP contribution in [0.3, 0.4) is 0 Å². The molecule has 1 aromatic carbocycles. The van der Waals surface area contributed by atoms with Gasteiger partial charge in [0, 0.05) is 0 Å². The van der Waals surface area contributed by atoms with Gasteiger partial charge < -0.3 is 0 Å². The molecule has 0 saturated carbocycles. The zero-order chi connectivity index (χ0) is 18.4. The maximum Gasteiger partial charge on any atom is 0.460 e. The van der Waals surface area contributed by atoms with E-state index in [9.17, 15) is 44.3 Å². The molecule has 0 unspecified atom stereocenters. The Morgan fingerprint density at radius 3 is 1.52 bits per heavy atom. The lowest BCUT2D eigenvalue weighted by molar-refractivity contribution is -0.386. The van der Waals surface area contributed by atoms with Gasteiger partial charge in [0.15, 0.2) is 0 Å². The van der Waals surface area contributed by atoms with E-state index in [0.29, 0.717) is 0 Å². The Bertz CT molecular complexity index is 604. The number of carbonyl (C=O) groups excluding carboxylic acids is 1. The molecule has 12 heteroatoms. The normalized spacial score (nSPS) is 14.0. The highest BCUT2D eigenvalue weighted by Gasteiger charge is 2.83. The van der Waals surface area contributed by atoms with Crippen molar-refractivity contribution >= 4 is 29.0 Å². The van der Waals surface area contributed by atoms with Gasteiger partial charge in [-0.1, -0.05) is 29.3 Å². The second kappa shape index (κ2) is 5.73. The molecule has 0 amide bonds. The predicted molar refractivity (Wildman–Crippen MR) is 61.7 cm³/mol. The fraction of sp³-hybridized carbons (Fsp3) is 0.364. The van der Waals surface area contributed by atoms with Crippen LogP contribution in [-0.2, 0) is 0 Å². The molecule has 0 heterocycles. The molecule has 0 atom stereocenters. The third-order valence-electron chi connectivity index (χ3n) is 2.62. The van der Waals surface area contributed by atoms with Crippen molar-refractivity contribution in [3.8, 4) is 0 Å². The van der Waals surface area contributed by atoms with Gasteiger partial charge in [-0.2, -0.15) is 39.5 Å². The maximum atomic E-state index is 13.5. The number of halogens is 11. The number of carbonyl (C=O) groups is 1. The summed E-state index contributed by atoms with van der Waals surface area (Å²) in [5, 5.41) is -1.85. The number of ketones is 1. The highest BCUT2D eigenvalue weighted by Crippen LogP contribution is 2.54. The second-order valence-corrected chi connectivity index (χ2v) is 4.96. The van der Waals surface area contributed by atoms with Crippen LogP contribution < -0.4 is 0 Å². The number of Topliss-reactive ketones (excluding diaryl/α,β-unsaturated/α-hetero) is 1. The van der Waals surface area contributed by atoms with Gasteiger partial charge in [-0.05, 0) is 12.1 Å². The summed E-state index contributed by atoms with van der Waals surface area (Å²) in [6.07, 6.45) is -7.02. The zero-order valence-corrected chi connectivity index (χ0v) is 11.8. The first-order valence-corrected chi connectivity index (χ1v) is 6.03. The van der Waals surface area contributed by atoms with Crippen molar-refractivity contribution in [2.45, 2.75) is 23.9 Å². The van der Waals surface area contributed by atoms with Gasteiger partial charge in [0.2, 0.25) is 5.78 Å². The van der Waals surface area contributed by atoms with Crippen LogP contribution >= 0.6 is 23.2 Å². The van der Waals surface area contributed by atoms with E-state index < -0.39 is 45.3 Å². The van der Waals surface area contributed by atoms with Gasteiger partial charge in [-0.15, -0.1) is 0 Å². The Morgan fingerprint density at radius 2 is 1.17 bits per heavy atom. The second-order valence-electron chi connectivity index (χ2n) is 4.15. The molecule has 1 rings (SSSR count). The number of hydrogen-bond donors (Lipinski definition) is 0. The highest BCUT2D eigenvalue weighted by atomic mass is 35.5. The molecule has 0 aliphatic carbocycles. The number of alkyl halides is 9. The van der Waals surface area contributed by atoms with Gasteiger partial charge >= 0.3 is 23.9 Å². The van der Waals surface area contributed by atoms with Crippen LogP contribution in [0.4, 0.5) is 39.5 Å². The van der Waals surface area contributed by atoms with Crippen molar-refractivity contribution < 1.29 is 44.3 Å². The minimum absolute atomic E-state index is 0.733. The molecule has 0 N–H and O–H groups in total. The van der Waals surface area contributed by atoms with E-state index in [1.165, 1.54) is 0 Å². The van der Waals surface area contributed by atoms with E-state index >= 15 is 0 Å². The Balaban J connectivity index is 3.49. The highest BCUT2D eigenvalue weighted by molar-refractivity contribution is 6.40. The minimum atomic E-state index is -7.17. The van der Waals surface area contributed by atoms with Crippen LogP contribution in [0.1, 0.15) is 10.4 Å². The third kappa shape index (κ3) is 2.98. The molecule has 0 aromatic heterocycles. The molecule has 23 heavy (non-hydrogen) atoms. The first-order chi connectivity index (χ1) is 10.1. The quantitative estimate of drug-likeness (QED) is 0.478. The van der Waals surface area contributed by atoms with Gasteiger partial charge in [0.05, 0.1) is 15.6 Å². The fourth-order valence-corrected chi connectivity index (χ4v) is 1.96. The monoisotopic (exact) mass is 392 g/mol. The van der Waals surface area contributed by atoms with Crippen LogP contribution in [0.5, 0.6) is 0 Å². The van der Waals surface area contributed by atoms with E-state index in [0.717, 1.165) is 18.2 Å². The maximum absolute atomic E-state index is 13.5. The zero-order valence-electron chi connectivity index (χ0n) is 10.3. The lowest BCUT2D eigenvalue weighted by atomic mass is 9.95. The molecular weight excluding hydrogens is 390 g/mol. The Hall–Kier alpha value is -1.16. The standard InChI is InChI=1S/C11H3Cl2F9O/c12-4-2-1-3-5(13)6(4)7(23)8(14,15)9(16,17)10(18,19)11(20,21)22/h1-3H. The van der Waals surface area contributed by atoms with E-state index in [4.69, 9.17) is 23.2 Å². The third-order valence-corrected chi connectivity index (χ3v) is 3.25. The summed E-state index contributed by atoms with van der Waals surface area (Å²) < 4.78 is 115. The number of hydrogen-bond acceptors (Lipinski definition) is 1. The van der Waals surface area contributed by atoms with E-state index in [-0.39, 0.29) is 0 Å². The Kier molecular flexibility index (Phi) is 4.95. The van der Waals surface area contributed by atoms with Gasteiger partial charge in [0.25, 0.3) is 0 Å². The summed E-state index contributed by atoms with van der Waals surface area (Å²) in [7, 11) is 0. The van der Waals surface area contributed by atoms with Crippen LogP contribution in [0.15, 0.2) is 18.2 Å². The first kappa shape index (κ1) is 19.9. The molecule has 0 aliphatic rings. The number of rotatable bonds is 4. The minimum Gasteiger partial charge on any atom is -0.287 e. The van der Waals surface area contributed by atoms with Crippen LogP contribution in [0.2, 0.25) is 10.0 Å². The summed E-state index contributed by atoms with van der Waals surface area (Å²) in [6.45, 7) is 0. The summed E-state index contributed by atoms with van der Waals surface area (Å²) in [5.41, 5.74) is -1.50. The fourth-order valence-electron chi connectivity index (χ4n) is 1.39. The van der Waals surface area contributed by atoms with E-state index in [1.54, 1.807) is 0 Å². The van der Waals surface area contributed by atoms with Crippen molar-refractivity contribution in [3.05, 3.63) is 33.8 Å². The smallest absolute Gasteiger partial charge is 0.287 e. The lowest BCUT2D eigenvalue weighted by Gasteiger charge is -2.32. The summed E-state index contributed by atoms with van der Waals surface area (Å²) in [5.74, 6) is -23.7. The molecule has 0 spiro atoms. The topological polar surface area (TPSA) is 17.1 Å². The van der Waals surface area contributed by atoms with Crippen LogP contribution in [-0.4, -0.2) is 29.7 Å². The van der Waals surface area contributed by atoms with Gasteiger partial charge in [0.1, 0.15) is 0 Å². The molecule has 1 aromatic rings. The SMILES string of the molecule is O=C(c1c(Cl)cccc1Cl)C(F)(F)C(F)(F)C(F)(F)C(F)(F)F. The molecule has 0 bridgehead atoms. The average Bonchev–Trinajstić information content (AvgIpc) is 2.36. The van der Waals surface area contributed by atoms with Crippen molar-refractivity contribution in [2.75, 3.05) is 0 Å². The molecule has 0 fully saturated rings. The molecule has 130 valence electrons. The van der Waals surface area contributed by atoms with Crippen molar-refractivity contribution in [2.24, 2.45) is 0 Å². The van der Waals surface area contributed by atoms with E-state index in [2.05, 4.69) is 0 Å². The average molecular weight is 393 g/mol. The van der Waals surface area contributed by atoms with Crippen LogP contribution in [0, 0.1) is 0 Å².